The minimum Gasteiger partial charge on any atom is -0.393 e. The molecule has 0 spiro atoms. The summed E-state index contributed by atoms with van der Waals surface area (Å²) in [7, 11) is 0. The van der Waals surface area contributed by atoms with Gasteiger partial charge >= 0.3 is 0 Å². The van der Waals surface area contributed by atoms with E-state index in [0.717, 1.165) is 5.82 Å². The molecule has 1 unspecified atom stereocenters. The number of aliphatic hydroxyl groups excluding tert-OH is 1. The van der Waals surface area contributed by atoms with E-state index in [2.05, 4.69) is 4.98 Å². The van der Waals surface area contributed by atoms with E-state index in [1.54, 1.807) is 23.9 Å². The molecule has 6 heteroatoms. The Bertz CT molecular complexity index is 468. The Kier molecular flexibility index (Phi) is 4.45. The number of imidazole rings is 1. The maximum Gasteiger partial charge on any atom is 0.242 e. The molecule has 1 atom stereocenters. The summed E-state index contributed by atoms with van der Waals surface area (Å²) in [6.07, 6.45) is 3.43. The Morgan fingerprint density at radius 1 is 1.60 bits per heavy atom. The first-order valence-electron chi connectivity index (χ1n) is 6.97. The molecular weight excluding hydrogens is 258 g/mol. The molecule has 0 aliphatic carbocycles. The van der Waals surface area contributed by atoms with Crippen molar-refractivity contribution in [2.45, 2.75) is 45.4 Å². The highest BCUT2D eigenvalue weighted by molar-refractivity contribution is 5.76. The Morgan fingerprint density at radius 2 is 2.35 bits per heavy atom. The predicted molar refractivity (Wildman–Crippen MR) is 74.2 cm³/mol. The lowest BCUT2D eigenvalue weighted by molar-refractivity contribution is -0.146. The molecule has 112 valence electrons. The highest BCUT2D eigenvalue weighted by Crippen LogP contribution is 2.17. The van der Waals surface area contributed by atoms with Gasteiger partial charge in [0.05, 0.1) is 18.3 Å². The number of carbonyl (C=O) groups excluding carboxylic acids is 1. The first kappa shape index (κ1) is 15.0. The monoisotopic (exact) mass is 281 g/mol. The second-order valence-electron chi connectivity index (χ2n) is 5.95. The molecule has 2 heterocycles. The van der Waals surface area contributed by atoms with Crippen molar-refractivity contribution < 1.29 is 14.6 Å². The number of hydrogen-bond donors (Lipinski definition) is 1. The zero-order chi connectivity index (χ0) is 14.8. The molecule has 0 bridgehead atoms. The minimum atomic E-state index is -0.464. The van der Waals surface area contributed by atoms with Crippen LogP contribution >= 0.6 is 0 Å². The van der Waals surface area contributed by atoms with Crippen molar-refractivity contribution in [1.82, 2.24) is 14.5 Å². The molecular formula is C14H23N3O3. The van der Waals surface area contributed by atoms with Gasteiger partial charge in [0.2, 0.25) is 5.91 Å². The van der Waals surface area contributed by atoms with E-state index >= 15 is 0 Å². The van der Waals surface area contributed by atoms with Crippen LogP contribution in [0.2, 0.25) is 0 Å². The van der Waals surface area contributed by atoms with Gasteiger partial charge < -0.3 is 19.3 Å². The number of morpholine rings is 1. The van der Waals surface area contributed by atoms with Crippen molar-refractivity contribution in [3.05, 3.63) is 18.2 Å². The van der Waals surface area contributed by atoms with Gasteiger partial charge in [-0.3, -0.25) is 4.79 Å². The van der Waals surface area contributed by atoms with Crippen molar-refractivity contribution in [3.8, 4) is 0 Å². The maximum absolute atomic E-state index is 12.4. The standard InChI is InChI=1S/C14H23N3O3/c1-11(18)8-12-15-4-5-16(12)9-13(19)17-6-7-20-14(2,3)10-17/h4-5,11,18H,6-10H2,1-3H3. The maximum atomic E-state index is 12.4. The average Bonchev–Trinajstić information content (AvgIpc) is 2.74. The lowest BCUT2D eigenvalue weighted by Crippen LogP contribution is -2.51. The fourth-order valence-electron chi connectivity index (χ4n) is 2.41. The van der Waals surface area contributed by atoms with Crippen LogP contribution in [0.4, 0.5) is 0 Å². The molecule has 1 aromatic heterocycles. The van der Waals surface area contributed by atoms with E-state index in [9.17, 15) is 9.90 Å². The molecule has 0 radical (unpaired) electrons. The van der Waals surface area contributed by atoms with Crippen LogP contribution in [0, 0.1) is 0 Å². The molecule has 1 aliphatic heterocycles. The van der Waals surface area contributed by atoms with Crippen LogP contribution in [-0.4, -0.2) is 56.9 Å². The zero-order valence-electron chi connectivity index (χ0n) is 12.4. The molecule has 0 saturated carbocycles. The lowest BCUT2D eigenvalue weighted by Gasteiger charge is -2.38. The van der Waals surface area contributed by atoms with Gasteiger partial charge in [-0.2, -0.15) is 0 Å². The number of hydrogen-bond acceptors (Lipinski definition) is 4. The third-order valence-corrected chi connectivity index (χ3v) is 3.36. The van der Waals surface area contributed by atoms with Gasteiger partial charge in [-0.25, -0.2) is 4.98 Å². The van der Waals surface area contributed by atoms with Gasteiger partial charge in [-0.1, -0.05) is 0 Å². The molecule has 1 fully saturated rings. The van der Waals surface area contributed by atoms with Crippen molar-refractivity contribution in [3.63, 3.8) is 0 Å². The highest BCUT2D eigenvalue weighted by atomic mass is 16.5. The summed E-state index contributed by atoms with van der Waals surface area (Å²) in [5.74, 6) is 0.798. The van der Waals surface area contributed by atoms with Gasteiger partial charge in [0, 0.05) is 31.9 Å². The normalized spacial score (nSPS) is 19.9. The Morgan fingerprint density at radius 3 is 3.00 bits per heavy atom. The summed E-state index contributed by atoms with van der Waals surface area (Å²) >= 11 is 0. The second-order valence-corrected chi connectivity index (χ2v) is 5.95. The Balaban J connectivity index is 1.99. The van der Waals surface area contributed by atoms with Gasteiger partial charge in [-0.15, -0.1) is 0 Å². The van der Waals surface area contributed by atoms with E-state index < -0.39 is 6.10 Å². The Labute approximate surface area is 119 Å². The first-order valence-corrected chi connectivity index (χ1v) is 6.97. The second kappa shape index (κ2) is 5.93. The molecule has 2 rings (SSSR count). The number of nitrogens with zero attached hydrogens (tertiary/aromatic N) is 3. The van der Waals surface area contributed by atoms with Crippen LogP contribution in [0.1, 0.15) is 26.6 Å². The zero-order valence-corrected chi connectivity index (χ0v) is 12.4. The number of aliphatic hydroxyl groups is 1. The number of rotatable bonds is 4. The summed E-state index contributed by atoms with van der Waals surface area (Å²) in [6, 6.07) is 0. The van der Waals surface area contributed by atoms with Crippen LogP contribution in [-0.2, 0) is 22.5 Å². The van der Waals surface area contributed by atoms with Crippen molar-refractivity contribution in [2.75, 3.05) is 19.7 Å². The van der Waals surface area contributed by atoms with Crippen LogP contribution in [0.15, 0.2) is 12.4 Å². The summed E-state index contributed by atoms with van der Waals surface area (Å²) in [5, 5.41) is 9.43. The van der Waals surface area contributed by atoms with E-state index in [0.29, 0.717) is 26.1 Å². The largest absolute Gasteiger partial charge is 0.393 e. The topological polar surface area (TPSA) is 67.6 Å². The summed E-state index contributed by atoms with van der Waals surface area (Å²) in [4.78, 5) is 18.4. The fraction of sp³-hybridized carbons (Fsp3) is 0.714. The minimum absolute atomic E-state index is 0.0613. The fourth-order valence-corrected chi connectivity index (χ4v) is 2.41. The molecule has 1 amide bonds. The molecule has 6 nitrogen and oxygen atoms in total. The highest BCUT2D eigenvalue weighted by Gasteiger charge is 2.30. The van der Waals surface area contributed by atoms with E-state index in [4.69, 9.17) is 4.74 Å². The smallest absolute Gasteiger partial charge is 0.242 e. The average molecular weight is 281 g/mol. The first-order chi connectivity index (χ1) is 9.37. The predicted octanol–water partition coefficient (Wildman–Crippen LogP) is 0.444. The molecule has 1 N–H and O–H groups in total. The summed E-state index contributed by atoms with van der Waals surface area (Å²) in [6.45, 7) is 7.76. The number of carbonyl (C=O) groups is 1. The Hall–Kier alpha value is -1.40. The quantitative estimate of drug-likeness (QED) is 0.870. The van der Waals surface area contributed by atoms with Gasteiger partial charge in [-0.05, 0) is 20.8 Å². The number of aromatic nitrogens is 2. The molecule has 1 aliphatic rings. The van der Waals surface area contributed by atoms with Crippen LogP contribution in [0.5, 0.6) is 0 Å². The van der Waals surface area contributed by atoms with Gasteiger partial charge in [0.15, 0.2) is 0 Å². The SMILES string of the molecule is CC(O)Cc1nccn1CC(=O)N1CCOC(C)(C)C1. The van der Waals surface area contributed by atoms with Gasteiger partial charge in [0.1, 0.15) is 12.4 Å². The molecule has 20 heavy (non-hydrogen) atoms. The third kappa shape index (κ3) is 3.80. The summed E-state index contributed by atoms with van der Waals surface area (Å²) < 4.78 is 7.41. The van der Waals surface area contributed by atoms with E-state index in [1.807, 2.05) is 18.7 Å². The van der Waals surface area contributed by atoms with Crippen LogP contribution < -0.4 is 0 Å². The number of ether oxygens (including phenoxy) is 1. The van der Waals surface area contributed by atoms with E-state index in [1.165, 1.54) is 0 Å². The van der Waals surface area contributed by atoms with Crippen LogP contribution in [0.3, 0.4) is 0 Å². The van der Waals surface area contributed by atoms with E-state index in [-0.39, 0.29) is 18.1 Å². The number of amides is 1. The third-order valence-electron chi connectivity index (χ3n) is 3.36. The lowest BCUT2D eigenvalue weighted by atomic mass is 10.1. The van der Waals surface area contributed by atoms with Crippen LogP contribution in [0.25, 0.3) is 0 Å². The van der Waals surface area contributed by atoms with Gasteiger partial charge in [0.25, 0.3) is 0 Å². The van der Waals surface area contributed by atoms with Crippen molar-refractivity contribution >= 4 is 5.91 Å². The van der Waals surface area contributed by atoms with Crippen molar-refractivity contribution in [1.29, 1.82) is 0 Å². The van der Waals surface area contributed by atoms with Crippen molar-refractivity contribution in [2.24, 2.45) is 0 Å². The molecule has 0 aromatic carbocycles. The summed E-state index contributed by atoms with van der Waals surface area (Å²) in [5.41, 5.74) is -0.286. The molecule has 1 aromatic rings. The molecule has 1 saturated heterocycles.